The number of anilines is 3. The van der Waals surface area contributed by atoms with Crippen molar-refractivity contribution in [2.75, 3.05) is 24.5 Å². The van der Waals surface area contributed by atoms with Crippen molar-refractivity contribution in [2.24, 2.45) is 10.2 Å². The van der Waals surface area contributed by atoms with Gasteiger partial charge in [-0.1, -0.05) is 19.3 Å². The molecule has 1 saturated carbocycles. The van der Waals surface area contributed by atoms with Crippen LogP contribution in [0.15, 0.2) is 40.7 Å². The molecule has 0 unspecified atom stereocenters. The molecule has 12 heteroatoms. The molecule has 0 aromatic carbocycles. The van der Waals surface area contributed by atoms with Crippen LogP contribution in [-0.4, -0.2) is 48.0 Å². The summed E-state index contributed by atoms with van der Waals surface area (Å²) < 4.78 is 30.8. The van der Waals surface area contributed by atoms with E-state index in [2.05, 4.69) is 19.9 Å². The highest BCUT2D eigenvalue weighted by Crippen LogP contribution is 2.45. The zero-order chi connectivity index (χ0) is 22.5. The summed E-state index contributed by atoms with van der Waals surface area (Å²) in [6.07, 6.45) is 8.36. The molecular formula is C20H24N8O3S. The molecule has 0 radical (unpaired) electrons. The topological polar surface area (TPSA) is 141 Å². The summed E-state index contributed by atoms with van der Waals surface area (Å²) in [6, 6.07) is 4.94. The molecule has 32 heavy (non-hydrogen) atoms. The van der Waals surface area contributed by atoms with Crippen LogP contribution in [0.5, 0.6) is 0 Å². The maximum Gasteiger partial charge on any atom is 0.255 e. The van der Waals surface area contributed by atoms with E-state index in [0.717, 1.165) is 42.5 Å². The Morgan fingerprint density at radius 3 is 2.59 bits per heavy atom. The molecule has 1 fully saturated rings. The number of fused-ring (bicyclic) bond motifs is 4. The molecule has 0 atom stereocenters. The minimum absolute atomic E-state index is 0.200. The van der Waals surface area contributed by atoms with Crippen molar-refractivity contribution >= 4 is 44.4 Å². The van der Waals surface area contributed by atoms with Crippen LogP contribution in [0.25, 0.3) is 11.0 Å². The van der Waals surface area contributed by atoms with Gasteiger partial charge in [0.1, 0.15) is 17.0 Å². The van der Waals surface area contributed by atoms with Crippen LogP contribution in [0.4, 0.5) is 17.5 Å². The lowest BCUT2D eigenvalue weighted by Crippen LogP contribution is -2.49. The second kappa shape index (κ2) is 7.41. The third-order valence-corrected chi connectivity index (χ3v) is 6.90. The molecule has 168 valence electrons. The van der Waals surface area contributed by atoms with Gasteiger partial charge in [0.2, 0.25) is 11.8 Å². The number of aromatic nitrogens is 4. The number of nitrogens with zero attached hydrogens (tertiary/aromatic N) is 6. The van der Waals surface area contributed by atoms with Crippen LogP contribution >= 0.6 is 0 Å². The van der Waals surface area contributed by atoms with E-state index in [-0.39, 0.29) is 10.6 Å². The van der Waals surface area contributed by atoms with E-state index in [4.69, 9.17) is 20.0 Å². The lowest BCUT2D eigenvalue weighted by molar-refractivity contribution is 0.222. The number of hydrogen-bond donors (Lipinski definition) is 2. The minimum atomic E-state index is -3.85. The number of nitrogens with one attached hydrogen (secondary N) is 1. The number of methoxy groups -OCH3 is 1. The highest BCUT2D eigenvalue weighted by molar-refractivity contribution is 7.89. The largest absolute Gasteiger partial charge is 0.481 e. The van der Waals surface area contributed by atoms with Gasteiger partial charge in [0.05, 0.1) is 19.0 Å². The van der Waals surface area contributed by atoms with Gasteiger partial charge < -0.3 is 10.1 Å². The van der Waals surface area contributed by atoms with Crippen LogP contribution in [0, 0.1) is 0 Å². The fourth-order valence-electron chi connectivity index (χ4n) is 4.63. The number of ether oxygens (including phenoxy) is 1. The van der Waals surface area contributed by atoms with E-state index in [1.165, 1.54) is 18.7 Å². The molecule has 0 amide bonds. The Kier molecular flexibility index (Phi) is 4.78. The summed E-state index contributed by atoms with van der Waals surface area (Å²) in [5.41, 5.74) is 0.955. The smallest absolute Gasteiger partial charge is 0.255 e. The van der Waals surface area contributed by atoms with Gasteiger partial charge in [0.15, 0.2) is 5.03 Å². The monoisotopic (exact) mass is 456 g/mol. The van der Waals surface area contributed by atoms with E-state index >= 15 is 0 Å². The van der Waals surface area contributed by atoms with Crippen LogP contribution in [0.3, 0.4) is 0 Å². The fraction of sp³-hybridized carbons (Fsp3) is 0.400. The van der Waals surface area contributed by atoms with Gasteiger partial charge in [-0.25, -0.2) is 28.5 Å². The molecule has 4 heterocycles. The van der Waals surface area contributed by atoms with Crippen molar-refractivity contribution in [3.8, 4) is 0 Å². The minimum Gasteiger partial charge on any atom is -0.481 e. The quantitative estimate of drug-likeness (QED) is 0.612. The number of nitrogens with two attached hydrogens (primary N) is 1. The molecule has 5 rings (SSSR count). The summed E-state index contributed by atoms with van der Waals surface area (Å²) in [4.78, 5) is 13.1. The van der Waals surface area contributed by atoms with E-state index in [0.29, 0.717) is 17.5 Å². The Balaban J connectivity index is 1.58. The first kappa shape index (κ1) is 20.6. The van der Waals surface area contributed by atoms with Crippen molar-refractivity contribution in [3.05, 3.63) is 30.6 Å². The third-order valence-electron chi connectivity index (χ3n) is 6.08. The van der Waals surface area contributed by atoms with Crippen molar-refractivity contribution in [1.29, 1.82) is 0 Å². The van der Waals surface area contributed by atoms with Gasteiger partial charge >= 0.3 is 0 Å². The molecule has 11 nitrogen and oxygen atoms in total. The summed E-state index contributed by atoms with van der Waals surface area (Å²) >= 11 is 0. The first-order chi connectivity index (χ1) is 15.3. The highest BCUT2D eigenvalue weighted by Gasteiger charge is 2.46. The van der Waals surface area contributed by atoms with E-state index in [1.54, 1.807) is 19.4 Å². The lowest BCUT2D eigenvalue weighted by atomic mass is 9.80. The second-order valence-electron chi connectivity index (χ2n) is 8.09. The standard InChI is InChI=1S/C20H24N8O3S/c1-27-16-10-13-11-23-19(24-14-6-7-15(22-12-14)32(21,29)30)25-17(13)28(16)20(18(26-27)31-2)8-4-3-5-9-20/h6-7,10-12H,3-5,8-9H2,1-2H3,(H2,21,29,30)(H,23,24,25). The highest BCUT2D eigenvalue weighted by atomic mass is 32.2. The maximum absolute atomic E-state index is 11.4. The van der Waals surface area contributed by atoms with Gasteiger partial charge in [-0.3, -0.25) is 4.57 Å². The van der Waals surface area contributed by atoms with Crippen LogP contribution in [0.1, 0.15) is 32.1 Å². The van der Waals surface area contributed by atoms with Gasteiger partial charge in [-0.15, -0.1) is 5.10 Å². The first-order valence-electron chi connectivity index (χ1n) is 10.3. The second-order valence-corrected chi connectivity index (χ2v) is 9.60. The average molecular weight is 457 g/mol. The lowest BCUT2D eigenvalue weighted by Gasteiger charge is -2.43. The average Bonchev–Trinajstić information content (AvgIpc) is 3.17. The zero-order valence-electron chi connectivity index (χ0n) is 17.8. The van der Waals surface area contributed by atoms with Crippen molar-refractivity contribution in [1.82, 2.24) is 19.5 Å². The Labute approximate surface area is 185 Å². The van der Waals surface area contributed by atoms with Crippen molar-refractivity contribution in [3.63, 3.8) is 0 Å². The molecular weight excluding hydrogens is 432 g/mol. The number of hydrazone groups is 1. The van der Waals surface area contributed by atoms with Crippen molar-refractivity contribution < 1.29 is 13.2 Å². The number of sulfonamides is 1. The molecule has 0 saturated heterocycles. The van der Waals surface area contributed by atoms with Crippen LogP contribution < -0.4 is 15.5 Å². The number of hydrogen-bond acceptors (Lipinski definition) is 9. The molecule has 1 spiro atoms. The predicted molar refractivity (Wildman–Crippen MR) is 120 cm³/mol. The third kappa shape index (κ3) is 3.26. The van der Waals surface area contributed by atoms with E-state index in [9.17, 15) is 8.42 Å². The van der Waals surface area contributed by atoms with E-state index in [1.807, 2.05) is 18.1 Å². The van der Waals surface area contributed by atoms with E-state index < -0.39 is 10.0 Å². The Morgan fingerprint density at radius 1 is 1.16 bits per heavy atom. The Hall–Kier alpha value is -3.25. The predicted octanol–water partition coefficient (Wildman–Crippen LogP) is 2.29. The maximum atomic E-state index is 11.4. The van der Waals surface area contributed by atoms with Crippen molar-refractivity contribution in [2.45, 2.75) is 42.7 Å². The number of rotatable bonds is 3. The normalized spacial score (nSPS) is 17.8. The molecule has 3 aromatic rings. The zero-order valence-corrected chi connectivity index (χ0v) is 18.6. The number of pyridine rings is 1. The summed E-state index contributed by atoms with van der Waals surface area (Å²) in [6.45, 7) is 0. The van der Waals surface area contributed by atoms with Crippen LogP contribution in [-0.2, 0) is 20.3 Å². The fourth-order valence-corrected chi connectivity index (χ4v) is 5.09. The SMILES string of the molecule is COC1=NN(C)c2cc3cnc(Nc4ccc(S(N)(=O)=O)nc4)nc3n2C12CCCCC2. The van der Waals surface area contributed by atoms with Gasteiger partial charge in [-0.2, -0.15) is 4.98 Å². The van der Waals surface area contributed by atoms with Crippen LogP contribution in [0.2, 0.25) is 0 Å². The summed E-state index contributed by atoms with van der Waals surface area (Å²) in [5.74, 6) is 2.01. The Morgan fingerprint density at radius 2 is 1.94 bits per heavy atom. The summed E-state index contributed by atoms with van der Waals surface area (Å²) in [7, 11) is -0.294. The molecule has 3 aromatic heterocycles. The molecule has 1 aliphatic heterocycles. The van der Waals surface area contributed by atoms with Gasteiger partial charge in [0, 0.05) is 18.6 Å². The summed E-state index contributed by atoms with van der Waals surface area (Å²) in [5, 5.41) is 15.4. The first-order valence-corrected chi connectivity index (χ1v) is 11.9. The van der Waals surface area contributed by atoms with Gasteiger partial charge in [-0.05, 0) is 31.0 Å². The molecule has 0 bridgehead atoms. The number of primary sulfonamides is 1. The molecule has 1 aliphatic carbocycles. The molecule has 3 N–H and O–H groups in total. The Bertz CT molecular complexity index is 1310. The van der Waals surface area contributed by atoms with Gasteiger partial charge in [0.25, 0.3) is 10.0 Å². The molecule has 2 aliphatic rings.